The van der Waals surface area contributed by atoms with E-state index in [2.05, 4.69) is 28.2 Å². The predicted molar refractivity (Wildman–Crippen MR) is 85.6 cm³/mol. The summed E-state index contributed by atoms with van der Waals surface area (Å²) >= 11 is 3.50. The lowest BCUT2D eigenvalue weighted by molar-refractivity contribution is 0.245. The molecule has 1 N–H and O–H groups in total. The average molecular weight is 342 g/mol. The summed E-state index contributed by atoms with van der Waals surface area (Å²) in [6, 6.07) is 6.47. The van der Waals surface area contributed by atoms with Gasteiger partial charge >= 0.3 is 0 Å². The van der Waals surface area contributed by atoms with E-state index >= 15 is 0 Å². The van der Waals surface area contributed by atoms with Gasteiger partial charge in [0.25, 0.3) is 0 Å². The van der Waals surface area contributed by atoms with Crippen LogP contribution in [0.15, 0.2) is 22.7 Å². The van der Waals surface area contributed by atoms with Crippen LogP contribution in [0.5, 0.6) is 11.5 Å². The van der Waals surface area contributed by atoms with Crippen molar-refractivity contribution >= 4 is 15.9 Å². The number of rotatable bonds is 6. The van der Waals surface area contributed by atoms with Crippen LogP contribution in [-0.2, 0) is 0 Å². The van der Waals surface area contributed by atoms with Crippen LogP contribution >= 0.6 is 15.9 Å². The van der Waals surface area contributed by atoms with Gasteiger partial charge < -0.3 is 14.8 Å². The molecule has 0 radical (unpaired) electrons. The van der Waals surface area contributed by atoms with Crippen LogP contribution in [0.3, 0.4) is 0 Å². The van der Waals surface area contributed by atoms with E-state index in [4.69, 9.17) is 9.47 Å². The van der Waals surface area contributed by atoms with Gasteiger partial charge in [-0.25, -0.2) is 0 Å². The Morgan fingerprint density at radius 3 is 2.85 bits per heavy atom. The molecule has 1 aliphatic carbocycles. The Morgan fingerprint density at radius 2 is 2.10 bits per heavy atom. The van der Waals surface area contributed by atoms with Gasteiger partial charge in [0.1, 0.15) is 6.61 Å². The summed E-state index contributed by atoms with van der Waals surface area (Å²) < 4.78 is 12.1. The van der Waals surface area contributed by atoms with Crippen LogP contribution in [0, 0.1) is 5.92 Å². The molecule has 0 saturated heterocycles. The number of methoxy groups -OCH3 is 1. The molecule has 1 aromatic rings. The van der Waals surface area contributed by atoms with Crippen LogP contribution in [0.25, 0.3) is 0 Å². The molecule has 4 heteroatoms. The Morgan fingerprint density at radius 1 is 1.30 bits per heavy atom. The molecule has 0 bridgehead atoms. The molecule has 2 atom stereocenters. The van der Waals surface area contributed by atoms with E-state index in [0.717, 1.165) is 28.4 Å². The highest BCUT2D eigenvalue weighted by molar-refractivity contribution is 9.10. The minimum Gasteiger partial charge on any atom is -0.493 e. The first-order valence-electron chi connectivity index (χ1n) is 7.41. The van der Waals surface area contributed by atoms with E-state index < -0.39 is 0 Å². The van der Waals surface area contributed by atoms with Gasteiger partial charge in [0, 0.05) is 12.6 Å². The van der Waals surface area contributed by atoms with Crippen molar-refractivity contribution in [2.24, 2.45) is 5.92 Å². The van der Waals surface area contributed by atoms with Gasteiger partial charge in [0.05, 0.1) is 11.6 Å². The second-order valence-corrected chi connectivity index (χ2v) is 6.30. The van der Waals surface area contributed by atoms with Gasteiger partial charge in [-0.05, 0) is 46.8 Å². The summed E-state index contributed by atoms with van der Waals surface area (Å²) in [6.45, 7) is 3.87. The molecule has 1 aliphatic rings. The number of benzene rings is 1. The smallest absolute Gasteiger partial charge is 0.175 e. The lowest BCUT2D eigenvalue weighted by atomic mass is 9.86. The van der Waals surface area contributed by atoms with E-state index in [1.165, 1.54) is 25.7 Å². The summed E-state index contributed by atoms with van der Waals surface area (Å²) in [5.74, 6) is 2.33. The highest BCUT2D eigenvalue weighted by Gasteiger charge is 2.20. The van der Waals surface area contributed by atoms with Crippen molar-refractivity contribution in [3.05, 3.63) is 22.7 Å². The normalized spacial score (nSPS) is 22.6. The standard InChI is InChI=1S/C16H24BrNO2/c1-12-6-3-4-8-14(12)18-10-11-20-16-13(17)7-5-9-15(16)19-2/h5,7,9,12,14,18H,3-4,6,8,10-11H2,1-2H3. The fourth-order valence-corrected chi connectivity index (χ4v) is 3.27. The maximum absolute atomic E-state index is 5.85. The molecule has 1 aromatic carbocycles. The van der Waals surface area contributed by atoms with Crippen molar-refractivity contribution in [3.8, 4) is 11.5 Å². The monoisotopic (exact) mass is 341 g/mol. The molecular weight excluding hydrogens is 318 g/mol. The SMILES string of the molecule is COc1cccc(Br)c1OCCNC1CCCCC1C. The summed E-state index contributed by atoms with van der Waals surface area (Å²) in [5, 5.41) is 3.62. The fourth-order valence-electron chi connectivity index (χ4n) is 2.81. The topological polar surface area (TPSA) is 30.5 Å². The number of para-hydroxylation sites is 1. The Kier molecular flexibility index (Phi) is 6.17. The molecule has 0 spiro atoms. The van der Waals surface area contributed by atoms with Crippen molar-refractivity contribution in [1.29, 1.82) is 0 Å². The van der Waals surface area contributed by atoms with Crippen molar-refractivity contribution in [3.63, 3.8) is 0 Å². The van der Waals surface area contributed by atoms with Gasteiger partial charge in [-0.1, -0.05) is 25.8 Å². The molecule has 1 fully saturated rings. The Hall–Kier alpha value is -0.740. The molecule has 1 saturated carbocycles. The van der Waals surface area contributed by atoms with Crippen molar-refractivity contribution in [2.75, 3.05) is 20.3 Å². The zero-order valence-corrected chi connectivity index (χ0v) is 13.9. The number of hydrogen-bond acceptors (Lipinski definition) is 3. The maximum Gasteiger partial charge on any atom is 0.175 e. The summed E-state index contributed by atoms with van der Waals surface area (Å²) in [7, 11) is 1.66. The number of ether oxygens (including phenoxy) is 2. The molecule has 0 aliphatic heterocycles. The lowest BCUT2D eigenvalue weighted by Crippen LogP contribution is -2.39. The fraction of sp³-hybridized carbons (Fsp3) is 0.625. The molecule has 112 valence electrons. The van der Waals surface area contributed by atoms with Gasteiger partial charge in [-0.3, -0.25) is 0 Å². The van der Waals surface area contributed by atoms with Gasteiger partial charge in [-0.2, -0.15) is 0 Å². The molecule has 3 nitrogen and oxygen atoms in total. The van der Waals surface area contributed by atoms with Gasteiger partial charge in [-0.15, -0.1) is 0 Å². The molecule has 2 unspecified atom stereocenters. The van der Waals surface area contributed by atoms with Crippen LogP contribution in [0.2, 0.25) is 0 Å². The number of hydrogen-bond donors (Lipinski definition) is 1. The lowest BCUT2D eigenvalue weighted by Gasteiger charge is -2.29. The third-order valence-electron chi connectivity index (χ3n) is 4.02. The van der Waals surface area contributed by atoms with Gasteiger partial charge in [0.15, 0.2) is 11.5 Å². The molecule has 0 heterocycles. The minimum absolute atomic E-state index is 0.647. The van der Waals surface area contributed by atoms with Crippen molar-refractivity contribution in [2.45, 2.75) is 38.6 Å². The second-order valence-electron chi connectivity index (χ2n) is 5.44. The highest BCUT2D eigenvalue weighted by atomic mass is 79.9. The highest BCUT2D eigenvalue weighted by Crippen LogP contribution is 2.34. The first-order valence-corrected chi connectivity index (χ1v) is 8.20. The van der Waals surface area contributed by atoms with Gasteiger partial charge in [0.2, 0.25) is 0 Å². The van der Waals surface area contributed by atoms with Crippen LogP contribution < -0.4 is 14.8 Å². The van der Waals surface area contributed by atoms with E-state index in [1.807, 2.05) is 18.2 Å². The first-order chi connectivity index (χ1) is 9.72. The predicted octanol–water partition coefficient (Wildman–Crippen LogP) is 4.00. The van der Waals surface area contributed by atoms with E-state index in [0.29, 0.717) is 12.6 Å². The largest absolute Gasteiger partial charge is 0.493 e. The Labute approximate surface area is 130 Å². The molecule has 0 amide bonds. The minimum atomic E-state index is 0.647. The van der Waals surface area contributed by atoms with E-state index in [1.54, 1.807) is 7.11 Å². The van der Waals surface area contributed by atoms with E-state index in [9.17, 15) is 0 Å². The summed E-state index contributed by atoms with van der Waals surface area (Å²) in [6.07, 6.45) is 5.36. The third-order valence-corrected chi connectivity index (χ3v) is 4.64. The Bertz CT molecular complexity index is 425. The Balaban J connectivity index is 1.78. The van der Waals surface area contributed by atoms with E-state index in [-0.39, 0.29) is 0 Å². The molecule has 0 aromatic heterocycles. The van der Waals surface area contributed by atoms with Crippen LogP contribution in [0.1, 0.15) is 32.6 Å². The third kappa shape index (κ3) is 4.13. The summed E-state index contributed by atoms with van der Waals surface area (Å²) in [5.41, 5.74) is 0. The number of halogens is 1. The molecular formula is C16H24BrNO2. The van der Waals surface area contributed by atoms with Crippen molar-refractivity contribution in [1.82, 2.24) is 5.32 Å². The zero-order valence-electron chi connectivity index (χ0n) is 12.3. The number of nitrogens with one attached hydrogen (secondary N) is 1. The quantitative estimate of drug-likeness (QED) is 0.793. The summed E-state index contributed by atoms with van der Waals surface area (Å²) in [4.78, 5) is 0. The van der Waals surface area contributed by atoms with Crippen LogP contribution in [-0.4, -0.2) is 26.3 Å². The average Bonchev–Trinajstić information content (AvgIpc) is 2.46. The molecule has 20 heavy (non-hydrogen) atoms. The van der Waals surface area contributed by atoms with Crippen molar-refractivity contribution < 1.29 is 9.47 Å². The first kappa shape index (κ1) is 15.6. The second kappa shape index (κ2) is 7.89. The molecule has 2 rings (SSSR count). The maximum atomic E-state index is 5.85. The van der Waals surface area contributed by atoms with Crippen LogP contribution in [0.4, 0.5) is 0 Å². The zero-order chi connectivity index (χ0) is 14.4.